The molecule has 1 heterocycles. The number of methoxy groups -OCH3 is 1. The minimum atomic E-state index is -0.672. The minimum Gasteiger partial charge on any atom is -0.489 e. The highest BCUT2D eigenvalue weighted by Crippen LogP contribution is 2.32. The molecule has 38 heavy (non-hydrogen) atoms. The Labute approximate surface area is 226 Å². The molecular formula is C27H20ClFN2O6S. The van der Waals surface area contributed by atoms with Gasteiger partial charge in [-0.25, -0.2) is 9.18 Å². The predicted octanol–water partition coefficient (Wildman–Crippen LogP) is 5.52. The first kappa shape index (κ1) is 26.9. The third-order valence-electron chi connectivity index (χ3n) is 5.33. The minimum absolute atomic E-state index is 0.0629. The van der Waals surface area contributed by atoms with Crippen LogP contribution in [0.2, 0.25) is 5.02 Å². The second-order valence-electron chi connectivity index (χ2n) is 7.99. The molecule has 3 amide bonds. The molecule has 194 valence electrons. The highest BCUT2D eigenvalue weighted by atomic mass is 35.5. The van der Waals surface area contributed by atoms with E-state index in [-0.39, 0.29) is 33.6 Å². The number of rotatable bonds is 8. The van der Waals surface area contributed by atoms with Crippen LogP contribution in [0.3, 0.4) is 0 Å². The Morgan fingerprint density at radius 1 is 1.05 bits per heavy atom. The zero-order valence-electron chi connectivity index (χ0n) is 19.9. The lowest BCUT2D eigenvalue weighted by Gasteiger charge is -2.13. The van der Waals surface area contributed by atoms with Crippen LogP contribution in [-0.2, 0) is 20.9 Å². The molecule has 0 saturated carbocycles. The van der Waals surface area contributed by atoms with Crippen molar-refractivity contribution < 1.29 is 33.0 Å². The van der Waals surface area contributed by atoms with Gasteiger partial charge in [0, 0.05) is 5.69 Å². The molecule has 3 aromatic carbocycles. The third kappa shape index (κ3) is 6.58. The molecule has 11 heteroatoms. The first-order chi connectivity index (χ1) is 18.2. The first-order valence-corrected chi connectivity index (χ1v) is 12.3. The smallest absolute Gasteiger partial charge is 0.339 e. The van der Waals surface area contributed by atoms with Gasteiger partial charge in [0.25, 0.3) is 11.1 Å². The molecule has 0 spiro atoms. The van der Waals surface area contributed by atoms with Crippen LogP contribution in [0.1, 0.15) is 21.5 Å². The van der Waals surface area contributed by atoms with Crippen LogP contribution < -0.4 is 10.1 Å². The molecule has 0 aromatic heterocycles. The highest BCUT2D eigenvalue weighted by molar-refractivity contribution is 8.18. The number of imide groups is 1. The largest absolute Gasteiger partial charge is 0.489 e. The Morgan fingerprint density at radius 2 is 1.76 bits per heavy atom. The number of carbonyl (C=O) groups is 4. The number of halogens is 2. The Hall–Kier alpha value is -4.15. The fraction of sp³-hybridized carbons (Fsp3) is 0.111. The van der Waals surface area contributed by atoms with Crippen LogP contribution in [0.4, 0.5) is 14.9 Å². The van der Waals surface area contributed by atoms with Gasteiger partial charge in [-0.1, -0.05) is 35.9 Å². The van der Waals surface area contributed by atoms with Crippen LogP contribution in [0.25, 0.3) is 6.08 Å². The SMILES string of the molecule is COC(=O)c1cc(NC(=O)CN2C(=O)S/C(=C\c3ccc(OCc4ccc(F)cc4)cc3)C2=O)ccc1Cl. The molecular weight excluding hydrogens is 535 g/mol. The molecule has 0 aliphatic carbocycles. The van der Waals surface area contributed by atoms with Gasteiger partial charge in [0.1, 0.15) is 24.7 Å². The number of benzene rings is 3. The van der Waals surface area contributed by atoms with E-state index in [0.717, 1.165) is 22.2 Å². The molecule has 3 aromatic rings. The number of carbonyl (C=O) groups excluding carboxylic acids is 4. The summed E-state index contributed by atoms with van der Waals surface area (Å²) in [6, 6.07) is 17.1. The lowest BCUT2D eigenvalue weighted by atomic mass is 10.2. The van der Waals surface area contributed by atoms with Gasteiger partial charge in [-0.15, -0.1) is 0 Å². The van der Waals surface area contributed by atoms with Crippen molar-refractivity contribution in [2.45, 2.75) is 6.61 Å². The number of hydrogen-bond donors (Lipinski definition) is 1. The lowest BCUT2D eigenvalue weighted by molar-refractivity contribution is -0.127. The number of ether oxygens (including phenoxy) is 2. The molecule has 1 saturated heterocycles. The second kappa shape index (κ2) is 11.9. The van der Waals surface area contributed by atoms with Crippen LogP contribution in [0, 0.1) is 5.82 Å². The van der Waals surface area contributed by atoms with E-state index in [4.69, 9.17) is 16.3 Å². The van der Waals surface area contributed by atoms with Gasteiger partial charge in [0.05, 0.1) is 22.6 Å². The van der Waals surface area contributed by atoms with E-state index < -0.39 is 29.6 Å². The lowest BCUT2D eigenvalue weighted by Crippen LogP contribution is -2.36. The molecule has 1 aliphatic rings. The molecule has 0 bridgehead atoms. The van der Waals surface area contributed by atoms with Gasteiger partial charge in [-0.05, 0) is 71.4 Å². The number of amides is 3. The molecule has 0 radical (unpaired) electrons. The van der Waals surface area contributed by atoms with Crippen molar-refractivity contribution in [3.05, 3.63) is 99.2 Å². The van der Waals surface area contributed by atoms with Crippen molar-refractivity contribution in [1.82, 2.24) is 4.90 Å². The topological polar surface area (TPSA) is 102 Å². The summed E-state index contributed by atoms with van der Waals surface area (Å²) in [6.07, 6.45) is 1.55. The fourth-order valence-electron chi connectivity index (χ4n) is 3.41. The summed E-state index contributed by atoms with van der Waals surface area (Å²) in [4.78, 5) is 50.5. The first-order valence-electron chi connectivity index (χ1n) is 11.1. The maximum Gasteiger partial charge on any atom is 0.339 e. The predicted molar refractivity (Wildman–Crippen MR) is 141 cm³/mol. The Balaban J connectivity index is 1.36. The van der Waals surface area contributed by atoms with Crippen LogP contribution in [0.5, 0.6) is 5.75 Å². The summed E-state index contributed by atoms with van der Waals surface area (Å²) < 4.78 is 23.4. The standard InChI is InChI=1S/C27H20ClFN2O6S/c1-36-26(34)21-13-19(8-11-22(21)28)30-24(32)14-31-25(33)23(38-27(31)35)12-16-4-9-20(10-5-16)37-15-17-2-6-18(29)7-3-17/h2-13H,14-15H2,1H3,(H,30,32)/b23-12-. The summed E-state index contributed by atoms with van der Waals surface area (Å²) in [7, 11) is 1.20. The van der Waals surface area contributed by atoms with Crippen molar-refractivity contribution in [2.75, 3.05) is 19.0 Å². The zero-order valence-corrected chi connectivity index (χ0v) is 21.5. The molecule has 1 fully saturated rings. The van der Waals surface area contributed by atoms with Crippen molar-refractivity contribution in [3.63, 3.8) is 0 Å². The Bertz CT molecular complexity index is 1430. The van der Waals surface area contributed by atoms with Crippen LogP contribution >= 0.6 is 23.4 Å². The Kier molecular flexibility index (Phi) is 8.45. The maximum absolute atomic E-state index is 13.0. The maximum atomic E-state index is 13.0. The number of thioether (sulfide) groups is 1. The molecule has 1 aliphatic heterocycles. The van der Waals surface area contributed by atoms with E-state index in [1.165, 1.54) is 37.4 Å². The summed E-state index contributed by atoms with van der Waals surface area (Å²) in [5.41, 5.74) is 1.79. The molecule has 4 rings (SSSR count). The van der Waals surface area contributed by atoms with E-state index in [1.54, 1.807) is 42.5 Å². The average Bonchev–Trinajstić information content (AvgIpc) is 3.17. The normalized spacial score (nSPS) is 14.1. The highest BCUT2D eigenvalue weighted by Gasteiger charge is 2.36. The van der Waals surface area contributed by atoms with E-state index in [9.17, 15) is 23.6 Å². The summed E-state index contributed by atoms with van der Waals surface area (Å²) in [5, 5.41) is 2.11. The van der Waals surface area contributed by atoms with Gasteiger partial charge in [0.15, 0.2) is 0 Å². The summed E-state index contributed by atoms with van der Waals surface area (Å²) >= 11 is 6.71. The van der Waals surface area contributed by atoms with Crippen molar-refractivity contribution >= 4 is 58.1 Å². The number of hydrogen-bond acceptors (Lipinski definition) is 7. The van der Waals surface area contributed by atoms with Crippen molar-refractivity contribution in [1.29, 1.82) is 0 Å². The van der Waals surface area contributed by atoms with E-state index in [2.05, 4.69) is 10.1 Å². The quantitative estimate of drug-likeness (QED) is 0.289. The number of esters is 1. The average molecular weight is 555 g/mol. The van der Waals surface area contributed by atoms with Gasteiger partial charge in [-0.3, -0.25) is 19.3 Å². The summed E-state index contributed by atoms with van der Waals surface area (Å²) in [6.45, 7) is -0.241. The molecule has 1 N–H and O–H groups in total. The van der Waals surface area contributed by atoms with Gasteiger partial charge >= 0.3 is 5.97 Å². The van der Waals surface area contributed by atoms with E-state index in [0.29, 0.717) is 11.3 Å². The Morgan fingerprint density at radius 3 is 2.45 bits per heavy atom. The van der Waals surface area contributed by atoms with Crippen LogP contribution in [-0.4, -0.2) is 41.6 Å². The van der Waals surface area contributed by atoms with Crippen LogP contribution in [0.15, 0.2) is 71.6 Å². The zero-order chi connectivity index (χ0) is 27.2. The number of anilines is 1. The summed E-state index contributed by atoms with van der Waals surface area (Å²) in [5.74, 6) is -1.64. The molecule has 0 unspecified atom stereocenters. The second-order valence-corrected chi connectivity index (χ2v) is 9.39. The van der Waals surface area contributed by atoms with Crippen molar-refractivity contribution in [3.8, 4) is 5.75 Å². The van der Waals surface area contributed by atoms with Gasteiger partial charge < -0.3 is 14.8 Å². The fourth-order valence-corrected chi connectivity index (χ4v) is 4.44. The number of nitrogens with zero attached hydrogens (tertiary/aromatic N) is 1. The molecule has 8 nitrogen and oxygen atoms in total. The van der Waals surface area contributed by atoms with Crippen molar-refractivity contribution in [2.24, 2.45) is 0 Å². The monoisotopic (exact) mass is 554 g/mol. The third-order valence-corrected chi connectivity index (χ3v) is 6.56. The molecule has 0 atom stereocenters. The van der Waals surface area contributed by atoms with Gasteiger partial charge in [0.2, 0.25) is 5.91 Å². The number of nitrogens with one attached hydrogen (secondary N) is 1. The van der Waals surface area contributed by atoms with E-state index in [1.807, 2.05) is 0 Å². The van der Waals surface area contributed by atoms with Gasteiger partial charge in [-0.2, -0.15) is 0 Å². The van der Waals surface area contributed by atoms with E-state index >= 15 is 0 Å².